The van der Waals surface area contributed by atoms with Gasteiger partial charge in [-0.25, -0.2) is 12.8 Å². The average Bonchev–Trinajstić information content (AvgIpc) is 2.77. The summed E-state index contributed by atoms with van der Waals surface area (Å²) in [5, 5.41) is 0. The minimum Gasteiger partial charge on any atom is -0.339 e. The molecule has 9 heteroatoms. The number of amides is 2. The van der Waals surface area contributed by atoms with Crippen LogP contribution in [0.5, 0.6) is 0 Å². The van der Waals surface area contributed by atoms with Crippen molar-refractivity contribution in [1.82, 2.24) is 14.5 Å². The zero-order valence-corrected chi connectivity index (χ0v) is 18.9. The molecule has 3 rings (SSSR count). The molecule has 2 amide bonds. The first-order valence-electron chi connectivity index (χ1n) is 11.1. The van der Waals surface area contributed by atoms with E-state index in [1.165, 1.54) is 51.2 Å². The Labute approximate surface area is 184 Å². The van der Waals surface area contributed by atoms with Crippen molar-refractivity contribution in [3.8, 4) is 0 Å². The van der Waals surface area contributed by atoms with Crippen LogP contribution in [-0.2, 0) is 19.6 Å². The molecular weight excluding hydrogens is 421 g/mol. The van der Waals surface area contributed by atoms with Gasteiger partial charge in [-0.05, 0) is 31.4 Å². The Morgan fingerprint density at radius 2 is 1.68 bits per heavy atom. The van der Waals surface area contributed by atoms with Crippen molar-refractivity contribution in [1.29, 1.82) is 0 Å². The fraction of sp³-hybridized carbons (Fsp3) is 0.636. The predicted octanol–water partition coefficient (Wildman–Crippen LogP) is 2.52. The van der Waals surface area contributed by atoms with E-state index >= 15 is 0 Å². The molecule has 172 valence electrons. The maximum atomic E-state index is 13.8. The van der Waals surface area contributed by atoms with Crippen molar-refractivity contribution in [2.75, 3.05) is 26.2 Å². The maximum Gasteiger partial charge on any atom is 0.244 e. The number of sulfonamides is 1. The van der Waals surface area contributed by atoms with E-state index in [0.717, 1.165) is 18.6 Å². The minimum atomic E-state index is -4.15. The molecule has 1 N–H and O–H groups in total. The second-order valence-electron chi connectivity index (χ2n) is 8.52. The first-order valence-corrected chi connectivity index (χ1v) is 12.6. The zero-order valence-electron chi connectivity index (χ0n) is 18.1. The monoisotopic (exact) mass is 453 g/mol. The Hall–Kier alpha value is -2.00. The standard InChI is InChI=1S/C22H32FN3O4S/c1-17(24-31(29,30)20-10-6-5-9-19(20)23)22(28)26-15-13-25(14-16-26)21(27)12-11-18-7-3-2-4-8-18/h5-6,9-10,17-18,24H,2-4,7-8,11-16H2,1H3/t17-/m0/s1. The van der Waals surface area contributed by atoms with Crippen LogP contribution in [-0.4, -0.2) is 62.3 Å². The second-order valence-corrected chi connectivity index (χ2v) is 10.2. The van der Waals surface area contributed by atoms with E-state index in [2.05, 4.69) is 4.72 Å². The largest absolute Gasteiger partial charge is 0.339 e. The van der Waals surface area contributed by atoms with Crippen LogP contribution in [0.4, 0.5) is 4.39 Å². The van der Waals surface area contributed by atoms with Gasteiger partial charge in [-0.15, -0.1) is 0 Å². The molecule has 0 spiro atoms. The molecule has 1 heterocycles. The average molecular weight is 454 g/mol. The molecule has 1 atom stereocenters. The van der Waals surface area contributed by atoms with Crippen LogP contribution >= 0.6 is 0 Å². The summed E-state index contributed by atoms with van der Waals surface area (Å²) in [5.41, 5.74) is 0. The van der Waals surface area contributed by atoms with E-state index in [-0.39, 0.29) is 11.8 Å². The van der Waals surface area contributed by atoms with E-state index in [4.69, 9.17) is 0 Å². The van der Waals surface area contributed by atoms with Gasteiger partial charge in [0.05, 0.1) is 6.04 Å². The van der Waals surface area contributed by atoms with Crippen LogP contribution in [0.3, 0.4) is 0 Å². The molecule has 0 radical (unpaired) electrons. The van der Waals surface area contributed by atoms with Gasteiger partial charge in [0.15, 0.2) is 0 Å². The highest BCUT2D eigenvalue weighted by Gasteiger charge is 2.30. The molecule has 1 aliphatic heterocycles. The van der Waals surface area contributed by atoms with Crippen LogP contribution in [0.2, 0.25) is 0 Å². The smallest absolute Gasteiger partial charge is 0.244 e. The van der Waals surface area contributed by atoms with Crippen LogP contribution in [0, 0.1) is 11.7 Å². The van der Waals surface area contributed by atoms with Crippen molar-refractivity contribution in [3.05, 3.63) is 30.1 Å². The van der Waals surface area contributed by atoms with Crippen molar-refractivity contribution in [3.63, 3.8) is 0 Å². The Bertz CT molecular complexity index is 878. The number of halogens is 1. The maximum absolute atomic E-state index is 13.8. The van der Waals surface area contributed by atoms with Crippen molar-refractivity contribution in [2.45, 2.75) is 62.8 Å². The van der Waals surface area contributed by atoms with Crippen molar-refractivity contribution >= 4 is 21.8 Å². The SMILES string of the molecule is C[C@H](NS(=O)(=O)c1ccccc1F)C(=O)N1CCN(C(=O)CCC2CCCCC2)CC1. The van der Waals surface area contributed by atoms with Gasteiger partial charge in [0.25, 0.3) is 0 Å². The Balaban J connectivity index is 1.47. The summed E-state index contributed by atoms with van der Waals surface area (Å²) in [6.45, 7) is 3.06. The molecule has 2 aliphatic rings. The van der Waals surface area contributed by atoms with E-state index in [1.807, 2.05) is 0 Å². The van der Waals surface area contributed by atoms with Gasteiger partial charge in [0.1, 0.15) is 10.7 Å². The van der Waals surface area contributed by atoms with Gasteiger partial charge in [-0.2, -0.15) is 4.72 Å². The Kier molecular flexibility index (Phi) is 8.05. The lowest BCUT2D eigenvalue weighted by molar-refractivity contribution is -0.140. The summed E-state index contributed by atoms with van der Waals surface area (Å²) >= 11 is 0. The number of carbonyl (C=O) groups excluding carboxylic acids is 2. The molecule has 1 saturated carbocycles. The first-order chi connectivity index (χ1) is 14.8. The van der Waals surface area contributed by atoms with Crippen molar-refractivity contribution in [2.24, 2.45) is 5.92 Å². The number of benzene rings is 1. The van der Waals surface area contributed by atoms with Gasteiger partial charge in [-0.3, -0.25) is 9.59 Å². The summed E-state index contributed by atoms with van der Waals surface area (Å²) in [7, 11) is -4.15. The highest BCUT2D eigenvalue weighted by molar-refractivity contribution is 7.89. The van der Waals surface area contributed by atoms with Gasteiger partial charge < -0.3 is 9.80 Å². The normalized spacial score (nSPS) is 19.3. The van der Waals surface area contributed by atoms with Gasteiger partial charge >= 0.3 is 0 Å². The third-order valence-electron chi connectivity index (χ3n) is 6.26. The number of hydrogen-bond donors (Lipinski definition) is 1. The van der Waals surface area contributed by atoms with Gasteiger partial charge in [0.2, 0.25) is 21.8 Å². The summed E-state index contributed by atoms with van der Waals surface area (Å²) in [6, 6.07) is 4.02. The fourth-order valence-corrected chi connectivity index (χ4v) is 5.70. The third-order valence-corrected chi connectivity index (χ3v) is 7.84. The van der Waals surface area contributed by atoms with Crippen LogP contribution in [0.1, 0.15) is 51.9 Å². The molecule has 2 fully saturated rings. The molecule has 31 heavy (non-hydrogen) atoms. The minimum absolute atomic E-state index is 0.131. The number of nitrogens with one attached hydrogen (secondary N) is 1. The Morgan fingerprint density at radius 3 is 2.32 bits per heavy atom. The third kappa shape index (κ3) is 6.26. The number of rotatable bonds is 7. The lowest BCUT2D eigenvalue weighted by Crippen LogP contribution is -2.55. The number of carbonyl (C=O) groups is 2. The number of piperazine rings is 1. The molecular formula is C22H32FN3O4S. The molecule has 1 aliphatic carbocycles. The summed E-state index contributed by atoms with van der Waals surface area (Å²) in [4.78, 5) is 28.1. The van der Waals surface area contributed by atoms with Crippen LogP contribution < -0.4 is 4.72 Å². The molecule has 0 aromatic heterocycles. The fourth-order valence-electron chi connectivity index (χ4n) is 4.42. The molecule has 1 aromatic carbocycles. The Morgan fingerprint density at radius 1 is 1.06 bits per heavy atom. The van der Waals surface area contributed by atoms with Crippen molar-refractivity contribution < 1.29 is 22.4 Å². The van der Waals surface area contributed by atoms with Gasteiger partial charge in [0, 0.05) is 32.6 Å². The highest BCUT2D eigenvalue weighted by atomic mass is 32.2. The van der Waals surface area contributed by atoms with Crippen LogP contribution in [0.25, 0.3) is 0 Å². The zero-order chi connectivity index (χ0) is 22.4. The molecule has 1 aromatic rings. The second kappa shape index (κ2) is 10.5. The van der Waals surface area contributed by atoms with E-state index in [9.17, 15) is 22.4 Å². The van der Waals surface area contributed by atoms with Crippen LogP contribution in [0.15, 0.2) is 29.2 Å². The van der Waals surface area contributed by atoms with Gasteiger partial charge in [-0.1, -0.05) is 44.2 Å². The summed E-state index contributed by atoms with van der Waals surface area (Å²) in [6.07, 6.45) is 7.75. The van der Waals surface area contributed by atoms with E-state index in [1.54, 1.807) is 9.80 Å². The molecule has 0 bridgehead atoms. The quantitative estimate of drug-likeness (QED) is 0.687. The summed E-state index contributed by atoms with van der Waals surface area (Å²) in [5.74, 6) is -0.459. The molecule has 1 saturated heterocycles. The molecule has 0 unspecified atom stereocenters. The lowest BCUT2D eigenvalue weighted by atomic mass is 9.86. The van der Waals surface area contributed by atoms with E-state index in [0.29, 0.717) is 38.5 Å². The van der Waals surface area contributed by atoms with E-state index < -0.39 is 26.8 Å². The number of nitrogens with zero attached hydrogens (tertiary/aromatic N) is 2. The lowest BCUT2D eigenvalue weighted by Gasteiger charge is -2.36. The highest BCUT2D eigenvalue weighted by Crippen LogP contribution is 2.27. The first kappa shape index (κ1) is 23.7. The topological polar surface area (TPSA) is 86.8 Å². The number of hydrogen-bond acceptors (Lipinski definition) is 4. The predicted molar refractivity (Wildman–Crippen MR) is 115 cm³/mol. The molecule has 7 nitrogen and oxygen atoms in total. The summed E-state index contributed by atoms with van der Waals surface area (Å²) < 4.78 is 40.9.